The average Bonchev–Trinajstić information content (AvgIpc) is 3.25. The molecule has 4 N–H and O–H groups in total. The van der Waals surface area contributed by atoms with E-state index in [2.05, 4.69) is 20.7 Å². The van der Waals surface area contributed by atoms with E-state index in [0.717, 1.165) is 12.7 Å². The number of carboxylic acid groups (broad SMARTS) is 1. The number of ether oxygens (including phenoxy) is 1. The number of carboxylic acids is 1. The lowest BCUT2D eigenvalue weighted by atomic mass is 9.97. The van der Waals surface area contributed by atoms with Crippen LogP contribution in [0.5, 0.6) is 0 Å². The van der Waals surface area contributed by atoms with Gasteiger partial charge in [0.2, 0.25) is 23.6 Å². The summed E-state index contributed by atoms with van der Waals surface area (Å²) in [5, 5.41) is 16.9. The monoisotopic (exact) mass is 558 g/mol. The van der Waals surface area contributed by atoms with Crippen LogP contribution in [-0.4, -0.2) is 77.7 Å². The van der Waals surface area contributed by atoms with Gasteiger partial charge in [-0.2, -0.15) is 0 Å². The highest BCUT2D eigenvalue weighted by Crippen LogP contribution is 2.39. The van der Waals surface area contributed by atoms with Gasteiger partial charge in [0.05, 0.1) is 19.2 Å². The molecule has 0 bridgehead atoms. The number of hydrogen-bond donors (Lipinski definition) is 4. The van der Waals surface area contributed by atoms with Crippen molar-refractivity contribution in [2.45, 2.75) is 77.0 Å². The lowest BCUT2D eigenvalue weighted by Crippen LogP contribution is -2.59. The fourth-order valence-electron chi connectivity index (χ4n) is 5.05. The van der Waals surface area contributed by atoms with Gasteiger partial charge in [0.1, 0.15) is 24.2 Å². The maximum Gasteiger partial charge on any atom is 0.376 e. The molecule has 13 heteroatoms. The molecule has 0 unspecified atom stereocenters. The zero-order valence-corrected chi connectivity index (χ0v) is 22.8. The number of nitrogens with one attached hydrogen (secondary N) is 3. The normalized spacial score (nSPS) is 19.8. The lowest BCUT2D eigenvalue weighted by molar-refractivity contribution is -0.154. The highest BCUT2D eigenvalue weighted by molar-refractivity contribution is 6.36. The van der Waals surface area contributed by atoms with Gasteiger partial charge >= 0.3 is 11.9 Å². The van der Waals surface area contributed by atoms with E-state index in [1.165, 1.54) is 11.8 Å². The van der Waals surface area contributed by atoms with E-state index in [1.54, 1.807) is 19.1 Å². The Hall–Kier alpha value is -4.29. The Balaban J connectivity index is 1.90. The molecule has 2 heterocycles. The number of anilines is 1. The zero-order chi connectivity index (χ0) is 29.7. The number of rotatable bonds is 11. The van der Waals surface area contributed by atoms with Crippen LogP contribution < -0.4 is 20.9 Å². The molecular weight excluding hydrogens is 524 g/mol. The Morgan fingerprint density at radius 2 is 1.80 bits per heavy atom. The number of aliphatic carboxylic acids is 1. The van der Waals surface area contributed by atoms with Crippen molar-refractivity contribution in [2.75, 3.05) is 12.0 Å². The van der Waals surface area contributed by atoms with Gasteiger partial charge in [-0.25, -0.2) is 4.79 Å². The smallest absolute Gasteiger partial charge is 0.376 e. The standard InChI is InChI=1S/C27H34N4O9/c1-5-13(2)21(28-14(3)32)25(37)29-17-10-9-15-7-6-8-16-11-19(31(22(15)16)26(17)38)24(36)30-18(12-20(33)34)23(35)27(39)40-4/h6-8,13,17-19,21H,5,9-12H2,1-4H3,(H,28,32)(H,29,37)(H,30,36)(H,33,34)/t13-,17-,18-,19-,21-/m0/s1. The number of methoxy groups -OCH3 is 1. The number of amides is 4. The van der Waals surface area contributed by atoms with E-state index < -0.39 is 71.9 Å². The summed E-state index contributed by atoms with van der Waals surface area (Å²) in [7, 11) is 0.955. The second-order valence-corrected chi connectivity index (χ2v) is 10.0. The van der Waals surface area contributed by atoms with Crippen molar-refractivity contribution in [1.29, 1.82) is 0 Å². The molecule has 1 aromatic carbocycles. The van der Waals surface area contributed by atoms with E-state index >= 15 is 0 Å². The summed E-state index contributed by atoms with van der Waals surface area (Å²) in [5.74, 6) is -6.50. The highest BCUT2D eigenvalue weighted by atomic mass is 16.5. The zero-order valence-electron chi connectivity index (χ0n) is 22.8. The van der Waals surface area contributed by atoms with Crippen LogP contribution in [0.15, 0.2) is 18.2 Å². The molecule has 40 heavy (non-hydrogen) atoms. The minimum absolute atomic E-state index is 0.0784. The Labute approximate surface area is 231 Å². The number of carbonyl (C=O) groups excluding carboxylic acids is 6. The molecule has 1 aromatic rings. The first kappa shape index (κ1) is 30.3. The minimum atomic E-state index is -1.70. The molecule has 0 aromatic heterocycles. The Kier molecular flexibility index (Phi) is 9.61. The molecule has 0 saturated carbocycles. The summed E-state index contributed by atoms with van der Waals surface area (Å²) in [5.41, 5.74) is 2.01. The number of aryl methyl sites for hydroxylation is 1. The molecule has 2 aliphatic heterocycles. The number of para-hydroxylation sites is 1. The Bertz CT molecular complexity index is 1230. The summed E-state index contributed by atoms with van der Waals surface area (Å²) >= 11 is 0. The highest BCUT2D eigenvalue weighted by Gasteiger charge is 2.45. The summed E-state index contributed by atoms with van der Waals surface area (Å²) in [6, 6.07) is 0.616. The number of Topliss-reactive ketones (excluding diaryl/α,β-unsaturated/α-hetero) is 1. The molecule has 0 aliphatic carbocycles. The van der Waals surface area contributed by atoms with Crippen LogP contribution in [0, 0.1) is 5.92 Å². The molecule has 216 valence electrons. The topological polar surface area (TPSA) is 188 Å². The third-order valence-electron chi connectivity index (χ3n) is 7.28. The quantitative estimate of drug-likeness (QED) is 0.207. The SMILES string of the molecule is CC[C@H](C)[C@H](NC(C)=O)C(=O)N[C@H]1CCc2cccc3c2N(C1=O)[C@H](C(=O)N[C@@H](CC(=O)O)C(=O)C(=O)OC)C3. The van der Waals surface area contributed by atoms with Gasteiger partial charge in [0.15, 0.2) is 0 Å². The number of carbonyl (C=O) groups is 7. The lowest BCUT2D eigenvalue weighted by Gasteiger charge is -2.30. The summed E-state index contributed by atoms with van der Waals surface area (Å²) in [4.78, 5) is 89.0. The van der Waals surface area contributed by atoms with Gasteiger partial charge in [-0.1, -0.05) is 38.5 Å². The second kappa shape index (κ2) is 12.7. The average molecular weight is 559 g/mol. The summed E-state index contributed by atoms with van der Waals surface area (Å²) < 4.78 is 4.39. The second-order valence-electron chi connectivity index (χ2n) is 10.0. The van der Waals surface area contributed by atoms with E-state index in [0.29, 0.717) is 24.1 Å². The molecule has 2 aliphatic rings. The van der Waals surface area contributed by atoms with Gasteiger partial charge < -0.3 is 25.8 Å². The number of benzene rings is 1. The summed E-state index contributed by atoms with van der Waals surface area (Å²) in [6.45, 7) is 4.98. The van der Waals surface area contributed by atoms with Crippen LogP contribution in [0.3, 0.4) is 0 Å². The van der Waals surface area contributed by atoms with E-state index in [-0.39, 0.29) is 18.8 Å². The van der Waals surface area contributed by atoms with Gasteiger partial charge in [-0.3, -0.25) is 33.7 Å². The van der Waals surface area contributed by atoms with Crippen molar-refractivity contribution in [3.05, 3.63) is 29.3 Å². The fourth-order valence-corrected chi connectivity index (χ4v) is 5.05. The molecule has 0 saturated heterocycles. The van der Waals surface area contributed by atoms with Crippen LogP contribution in [0.25, 0.3) is 0 Å². The maximum atomic E-state index is 13.9. The van der Waals surface area contributed by atoms with Crippen molar-refractivity contribution < 1.29 is 43.4 Å². The number of ketones is 1. The molecular formula is C27H34N4O9. The van der Waals surface area contributed by atoms with Crippen molar-refractivity contribution in [3.8, 4) is 0 Å². The largest absolute Gasteiger partial charge is 0.481 e. The summed E-state index contributed by atoms with van der Waals surface area (Å²) in [6.07, 6.45) is 0.470. The maximum absolute atomic E-state index is 13.9. The van der Waals surface area contributed by atoms with E-state index in [9.17, 15) is 38.7 Å². The Morgan fingerprint density at radius 3 is 2.40 bits per heavy atom. The predicted molar refractivity (Wildman–Crippen MR) is 140 cm³/mol. The Morgan fingerprint density at radius 1 is 1.12 bits per heavy atom. The van der Waals surface area contributed by atoms with Crippen LogP contribution >= 0.6 is 0 Å². The predicted octanol–water partition coefficient (Wildman–Crippen LogP) is -0.372. The molecule has 4 amide bonds. The van der Waals surface area contributed by atoms with Crippen molar-refractivity contribution in [3.63, 3.8) is 0 Å². The number of esters is 1. The van der Waals surface area contributed by atoms with Crippen molar-refractivity contribution >= 4 is 47.0 Å². The first-order chi connectivity index (χ1) is 18.9. The first-order valence-corrected chi connectivity index (χ1v) is 13.0. The molecule has 3 rings (SSSR count). The molecule has 13 nitrogen and oxygen atoms in total. The van der Waals surface area contributed by atoms with Gasteiger partial charge in [0, 0.05) is 13.3 Å². The van der Waals surface area contributed by atoms with Crippen LogP contribution in [0.2, 0.25) is 0 Å². The van der Waals surface area contributed by atoms with Crippen molar-refractivity contribution in [1.82, 2.24) is 16.0 Å². The minimum Gasteiger partial charge on any atom is -0.481 e. The van der Waals surface area contributed by atoms with Crippen LogP contribution in [0.4, 0.5) is 5.69 Å². The molecule has 0 fully saturated rings. The molecule has 0 spiro atoms. The van der Waals surface area contributed by atoms with Crippen LogP contribution in [0.1, 0.15) is 51.2 Å². The van der Waals surface area contributed by atoms with Crippen LogP contribution in [-0.2, 0) is 51.1 Å². The van der Waals surface area contributed by atoms with Crippen molar-refractivity contribution in [2.24, 2.45) is 5.92 Å². The van der Waals surface area contributed by atoms with Gasteiger partial charge in [0.25, 0.3) is 5.78 Å². The number of hydrogen-bond acceptors (Lipinski definition) is 8. The molecule has 0 radical (unpaired) electrons. The van der Waals surface area contributed by atoms with Gasteiger partial charge in [-0.15, -0.1) is 0 Å². The van der Waals surface area contributed by atoms with E-state index in [4.69, 9.17) is 0 Å². The fraction of sp³-hybridized carbons (Fsp3) is 0.519. The third-order valence-corrected chi connectivity index (χ3v) is 7.28. The molecule has 5 atom stereocenters. The van der Waals surface area contributed by atoms with E-state index in [1.807, 2.05) is 13.0 Å². The van der Waals surface area contributed by atoms with Gasteiger partial charge in [-0.05, 0) is 29.9 Å². The first-order valence-electron chi connectivity index (χ1n) is 13.0. The third kappa shape index (κ3) is 6.46. The number of nitrogens with zero attached hydrogens (tertiary/aromatic N) is 1.